The van der Waals surface area contributed by atoms with Crippen LogP contribution in [-0.4, -0.2) is 78.7 Å². The molecule has 162 valence electrons. The first-order valence-corrected chi connectivity index (χ1v) is 11.0. The second kappa shape index (κ2) is 8.17. The number of nitrogens with two attached hydrogens (primary N) is 1. The number of carbonyl (C=O) groups is 2. The predicted molar refractivity (Wildman–Crippen MR) is 110 cm³/mol. The van der Waals surface area contributed by atoms with Crippen molar-refractivity contribution >= 4 is 11.8 Å². The summed E-state index contributed by atoms with van der Waals surface area (Å²) in [5.74, 6) is 0.641. The summed E-state index contributed by atoms with van der Waals surface area (Å²) < 4.78 is 11.0. The third kappa shape index (κ3) is 3.57. The Balaban J connectivity index is 1.29. The Kier molecular flexibility index (Phi) is 5.39. The van der Waals surface area contributed by atoms with Crippen LogP contribution in [0.5, 0.6) is 5.75 Å². The van der Waals surface area contributed by atoms with Crippen LogP contribution in [0.15, 0.2) is 24.3 Å². The van der Waals surface area contributed by atoms with Crippen molar-refractivity contribution in [3.8, 4) is 5.75 Å². The first kappa shape index (κ1) is 19.8. The van der Waals surface area contributed by atoms with Gasteiger partial charge >= 0.3 is 0 Å². The second-order valence-corrected chi connectivity index (χ2v) is 8.81. The third-order valence-corrected chi connectivity index (χ3v) is 6.97. The highest BCUT2D eigenvalue weighted by atomic mass is 16.5. The van der Waals surface area contributed by atoms with Gasteiger partial charge < -0.3 is 25.4 Å². The molecule has 8 heteroatoms. The van der Waals surface area contributed by atoms with Crippen LogP contribution in [0.25, 0.3) is 0 Å². The Morgan fingerprint density at radius 2 is 1.93 bits per heavy atom. The van der Waals surface area contributed by atoms with Gasteiger partial charge in [0.25, 0.3) is 0 Å². The van der Waals surface area contributed by atoms with Crippen molar-refractivity contribution < 1.29 is 19.1 Å². The van der Waals surface area contributed by atoms with Gasteiger partial charge in [0, 0.05) is 31.1 Å². The fourth-order valence-electron chi connectivity index (χ4n) is 5.21. The van der Waals surface area contributed by atoms with E-state index in [9.17, 15) is 9.59 Å². The Hall–Kier alpha value is -2.16. The number of fused-ring (bicyclic) bond motifs is 2. The first-order chi connectivity index (χ1) is 14.6. The summed E-state index contributed by atoms with van der Waals surface area (Å²) in [6.07, 6.45) is 3.13. The van der Waals surface area contributed by atoms with Gasteiger partial charge in [0.1, 0.15) is 11.8 Å². The lowest BCUT2D eigenvalue weighted by Crippen LogP contribution is -2.61. The molecule has 2 amide bonds. The predicted octanol–water partition coefficient (Wildman–Crippen LogP) is 0.418. The zero-order chi connectivity index (χ0) is 20.7. The zero-order valence-electron chi connectivity index (χ0n) is 17.2. The Labute approximate surface area is 176 Å². The summed E-state index contributed by atoms with van der Waals surface area (Å²) in [4.78, 5) is 30.5. The summed E-state index contributed by atoms with van der Waals surface area (Å²) in [5, 5.41) is 3.19. The van der Waals surface area contributed by atoms with Crippen molar-refractivity contribution in [1.82, 2.24) is 15.1 Å². The summed E-state index contributed by atoms with van der Waals surface area (Å²) >= 11 is 0. The quantitative estimate of drug-likeness (QED) is 0.744. The highest BCUT2D eigenvalue weighted by Crippen LogP contribution is 2.34. The van der Waals surface area contributed by atoms with Crippen molar-refractivity contribution in [2.75, 3.05) is 32.9 Å². The van der Waals surface area contributed by atoms with Gasteiger partial charge in [-0.3, -0.25) is 14.5 Å². The fourth-order valence-corrected chi connectivity index (χ4v) is 5.21. The molecule has 3 N–H and O–H groups in total. The first-order valence-electron chi connectivity index (χ1n) is 11.0. The SMILES string of the molecule is N[C@H]1CN(C2COC2)CC[C@H]2CC[C@@H](C(=O)NC3CCOc4ccccc43)N2C1=O. The monoisotopic (exact) mass is 414 g/mol. The molecule has 30 heavy (non-hydrogen) atoms. The molecule has 0 bridgehead atoms. The summed E-state index contributed by atoms with van der Waals surface area (Å²) in [7, 11) is 0. The van der Waals surface area contributed by atoms with E-state index in [4.69, 9.17) is 15.2 Å². The minimum Gasteiger partial charge on any atom is -0.493 e. The lowest BCUT2D eigenvalue weighted by molar-refractivity contribution is -0.144. The molecule has 4 heterocycles. The molecule has 1 aromatic carbocycles. The number of nitrogens with zero attached hydrogens (tertiary/aromatic N) is 2. The van der Waals surface area contributed by atoms with Gasteiger partial charge in [-0.15, -0.1) is 0 Å². The molecule has 0 aliphatic carbocycles. The van der Waals surface area contributed by atoms with E-state index >= 15 is 0 Å². The highest BCUT2D eigenvalue weighted by molar-refractivity contribution is 5.91. The molecule has 0 saturated carbocycles. The maximum atomic E-state index is 13.2. The lowest BCUT2D eigenvalue weighted by Gasteiger charge is -2.42. The number of hydrogen-bond acceptors (Lipinski definition) is 6. The molecule has 1 aromatic rings. The maximum absolute atomic E-state index is 13.2. The van der Waals surface area contributed by atoms with Crippen LogP contribution in [0.2, 0.25) is 0 Å². The molecule has 0 radical (unpaired) electrons. The van der Waals surface area contributed by atoms with E-state index in [1.165, 1.54) is 0 Å². The van der Waals surface area contributed by atoms with Crippen molar-refractivity contribution in [3.63, 3.8) is 0 Å². The molecule has 4 atom stereocenters. The van der Waals surface area contributed by atoms with Crippen LogP contribution >= 0.6 is 0 Å². The third-order valence-electron chi connectivity index (χ3n) is 6.97. The minimum absolute atomic E-state index is 0.0741. The van der Waals surface area contributed by atoms with Gasteiger partial charge in [0.2, 0.25) is 11.8 Å². The minimum atomic E-state index is -0.606. The molecule has 3 saturated heterocycles. The molecular formula is C22H30N4O4. The zero-order valence-corrected chi connectivity index (χ0v) is 17.2. The molecule has 4 aliphatic heterocycles. The van der Waals surface area contributed by atoms with E-state index in [0.717, 1.165) is 37.1 Å². The van der Waals surface area contributed by atoms with Crippen LogP contribution < -0.4 is 15.8 Å². The smallest absolute Gasteiger partial charge is 0.243 e. The van der Waals surface area contributed by atoms with Crippen molar-refractivity contribution in [3.05, 3.63) is 29.8 Å². The normalized spacial score (nSPS) is 32.3. The van der Waals surface area contributed by atoms with E-state index in [1.54, 1.807) is 4.90 Å². The molecule has 5 rings (SSSR count). The van der Waals surface area contributed by atoms with E-state index in [2.05, 4.69) is 10.2 Å². The number of para-hydroxylation sites is 1. The Morgan fingerprint density at radius 1 is 1.10 bits per heavy atom. The standard InChI is InChI=1S/C22H30N4O4/c23-17-11-25(15-12-29-13-15)9-7-14-5-6-19(26(14)22(17)28)21(27)24-18-8-10-30-20-4-2-1-3-16(18)20/h1-4,14-15,17-19H,5-13,23H2,(H,24,27)/t14-,17+,18?,19+/m1/s1. The fraction of sp³-hybridized carbons (Fsp3) is 0.636. The maximum Gasteiger partial charge on any atom is 0.243 e. The molecule has 4 aliphatic rings. The number of amides is 2. The van der Waals surface area contributed by atoms with Gasteiger partial charge in [0.05, 0.1) is 37.9 Å². The van der Waals surface area contributed by atoms with Crippen LogP contribution in [0, 0.1) is 0 Å². The highest BCUT2D eigenvalue weighted by Gasteiger charge is 2.45. The van der Waals surface area contributed by atoms with E-state index in [1.807, 2.05) is 24.3 Å². The van der Waals surface area contributed by atoms with E-state index in [0.29, 0.717) is 38.8 Å². The lowest BCUT2D eigenvalue weighted by atomic mass is 10.00. The van der Waals surface area contributed by atoms with Gasteiger partial charge in [-0.2, -0.15) is 0 Å². The molecule has 8 nitrogen and oxygen atoms in total. The average Bonchev–Trinajstić information content (AvgIpc) is 3.13. The van der Waals surface area contributed by atoms with Crippen LogP contribution in [0.1, 0.15) is 37.3 Å². The Morgan fingerprint density at radius 3 is 2.73 bits per heavy atom. The van der Waals surface area contributed by atoms with Crippen molar-refractivity contribution in [2.24, 2.45) is 5.73 Å². The number of hydrogen-bond donors (Lipinski definition) is 2. The molecular weight excluding hydrogens is 384 g/mol. The van der Waals surface area contributed by atoms with Gasteiger partial charge in [-0.1, -0.05) is 18.2 Å². The van der Waals surface area contributed by atoms with Gasteiger partial charge in [-0.25, -0.2) is 0 Å². The number of rotatable bonds is 3. The number of nitrogens with one attached hydrogen (secondary N) is 1. The summed E-state index contributed by atoms with van der Waals surface area (Å²) in [6.45, 7) is 3.42. The van der Waals surface area contributed by atoms with E-state index < -0.39 is 12.1 Å². The summed E-state index contributed by atoms with van der Waals surface area (Å²) in [6, 6.07) is 7.12. The molecule has 3 fully saturated rings. The van der Waals surface area contributed by atoms with Crippen molar-refractivity contribution in [1.29, 1.82) is 0 Å². The summed E-state index contributed by atoms with van der Waals surface area (Å²) in [5.41, 5.74) is 7.30. The van der Waals surface area contributed by atoms with Gasteiger partial charge in [-0.05, 0) is 25.3 Å². The molecule has 0 aromatic heterocycles. The van der Waals surface area contributed by atoms with E-state index in [-0.39, 0.29) is 23.9 Å². The van der Waals surface area contributed by atoms with Crippen LogP contribution in [-0.2, 0) is 14.3 Å². The number of ether oxygens (including phenoxy) is 2. The molecule has 1 unspecified atom stereocenters. The Bertz CT molecular complexity index is 814. The number of carbonyl (C=O) groups excluding carboxylic acids is 2. The topological polar surface area (TPSA) is 97.1 Å². The van der Waals surface area contributed by atoms with Gasteiger partial charge in [0.15, 0.2) is 0 Å². The number of benzene rings is 1. The second-order valence-electron chi connectivity index (χ2n) is 8.81. The molecule has 0 spiro atoms. The largest absolute Gasteiger partial charge is 0.493 e. The van der Waals surface area contributed by atoms with Crippen LogP contribution in [0.3, 0.4) is 0 Å². The average molecular weight is 415 g/mol. The van der Waals surface area contributed by atoms with Crippen molar-refractivity contribution in [2.45, 2.75) is 55.9 Å². The van der Waals surface area contributed by atoms with Crippen LogP contribution in [0.4, 0.5) is 0 Å².